The summed E-state index contributed by atoms with van der Waals surface area (Å²) in [5.74, 6) is 1.76. The Kier molecular flexibility index (Phi) is 6.80. The topological polar surface area (TPSA) is 89.3 Å². The van der Waals surface area contributed by atoms with Crippen molar-refractivity contribution in [3.8, 4) is 0 Å². The van der Waals surface area contributed by atoms with Crippen LogP contribution in [0.15, 0.2) is 0 Å². The molecule has 1 aromatic rings. The van der Waals surface area contributed by atoms with Crippen molar-refractivity contribution in [2.75, 3.05) is 7.11 Å². The molecule has 1 aliphatic carbocycles. The van der Waals surface area contributed by atoms with E-state index in [1.165, 1.54) is 0 Å². The summed E-state index contributed by atoms with van der Waals surface area (Å²) >= 11 is 0. The predicted octanol–water partition coefficient (Wildman–Crippen LogP) is 2.55. The average Bonchev–Trinajstić information content (AvgIpc) is 2.92. The number of ether oxygens (including phenoxy) is 1. The normalized spacial score (nSPS) is 24.1. The van der Waals surface area contributed by atoms with Crippen LogP contribution in [0.2, 0.25) is 0 Å². The third-order valence-corrected chi connectivity index (χ3v) is 4.68. The molecule has 3 atom stereocenters. The fourth-order valence-corrected chi connectivity index (χ4v) is 3.51. The van der Waals surface area contributed by atoms with Gasteiger partial charge in [0.2, 0.25) is 5.91 Å². The lowest BCUT2D eigenvalue weighted by molar-refractivity contribution is -0.124. The smallest absolute Gasteiger partial charge is 0.220 e. The van der Waals surface area contributed by atoms with Gasteiger partial charge >= 0.3 is 0 Å². The van der Waals surface area contributed by atoms with Gasteiger partial charge in [-0.05, 0) is 38.5 Å². The van der Waals surface area contributed by atoms with Gasteiger partial charge in [-0.1, -0.05) is 20.8 Å². The summed E-state index contributed by atoms with van der Waals surface area (Å²) in [5.41, 5.74) is -0.0734. The first-order valence-electron chi connectivity index (χ1n) is 9.52. The number of amides is 1. The van der Waals surface area contributed by atoms with Crippen LogP contribution < -0.4 is 5.32 Å². The molecule has 0 spiro atoms. The van der Waals surface area contributed by atoms with E-state index in [4.69, 9.17) is 4.74 Å². The molecule has 1 heterocycles. The van der Waals surface area contributed by atoms with Gasteiger partial charge in [0.25, 0.3) is 0 Å². The number of nitrogens with zero attached hydrogens (tertiary/aromatic N) is 3. The minimum atomic E-state index is -0.510. The number of hydrogen-bond acceptors (Lipinski definition) is 5. The average molecular weight is 367 g/mol. The Morgan fingerprint density at radius 2 is 2.08 bits per heavy atom. The van der Waals surface area contributed by atoms with E-state index in [-0.39, 0.29) is 29.3 Å². The van der Waals surface area contributed by atoms with Crippen LogP contribution >= 0.6 is 0 Å². The summed E-state index contributed by atoms with van der Waals surface area (Å²) in [4.78, 5) is 17.0. The number of carbonyl (C=O) groups is 1. The molecule has 2 N–H and O–H groups in total. The molecule has 0 bridgehead atoms. The highest BCUT2D eigenvalue weighted by molar-refractivity contribution is 5.77. The van der Waals surface area contributed by atoms with E-state index in [2.05, 4.69) is 29.2 Å². The zero-order valence-corrected chi connectivity index (χ0v) is 17.0. The molecule has 2 rings (SSSR count). The molecule has 0 saturated heterocycles. The second-order valence-electron chi connectivity index (χ2n) is 8.85. The second-order valence-corrected chi connectivity index (χ2v) is 8.85. The Bertz CT molecular complexity index is 606. The van der Waals surface area contributed by atoms with Crippen molar-refractivity contribution < 1.29 is 14.6 Å². The maximum absolute atomic E-state index is 12.3. The number of hydrogen-bond donors (Lipinski definition) is 2. The number of rotatable bonds is 6. The third kappa shape index (κ3) is 5.51. The van der Waals surface area contributed by atoms with Crippen molar-refractivity contribution in [3.63, 3.8) is 0 Å². The molecule has 1 amide bonds. The lowest BCUT2D eigenvalue weighted by Gasteiger charge is -2.34. The van der Waals surface area contributed by atoms with Crippen molar-refractivity contribution in [2.24, 2.45) is 5.41 Å². The monoisotopic (exact) mass is 366 g/mol. The molecule has 1 saturated carbocycles. The van der Waals surface area contributed by atoms with Crippen LogP contribution in [0.1, 0.15) is 83.9 Å². The van der Waals surface area contributed by atoms with Gasteiger partial charge in [-0.15, -0.1) is 0 Å². The van der Waals surface area contributed by atoms with E-state index < -0.39 is 6.10 Å². The van der Waals surface area contributed by atoms with Gasteiger partial charge in [-0.25, -0.2) is 9.67 Å². The van der Waals surface area contributed by atoms with E-state index in [1.54, 1.807) is 7.11 Å². The first kappa shape index (κ1) is 20.8. The molecule has 26 heavy (non-hydrogen) atoms. The summed E-state index contributed by atoms with van der Waals surface area (Å²) in [7, 11) is 1.63. The van der Waals surface area contributed by atoms with Gasteiger partial charge < -0.3 is 15.2 Å². The van der Waals surface area contributed by atoms with Gasteiger partial charge in [0.05, 0.1) is 12.1 Å². The maximum Gasteiger partial charge on any atom is 0.220 e. The molecule has 1 aromatic heterocycles. The van der Waals surface area contributed by atoms with Crippen LogP contribution in [0, 0.1) is 5.41 Å². The van der Waals surface area contributed by atoms with Crippen LogP contribution in [0.25, 0.3) is 0 Å². The molecule has 7 heteroatoms. The van der Waals surface area contributed by atoms with E-state index in [1.807, 2.05) is 25.5 Å². The lowest BCUT2D eigenvalue weighted by atomic mass is 9.82. The number of aromatic nitrogens is 3. The zero-order valence-electron chi connectivity index (χ0n) is 17.0. The Balaban J connectivity index is 2.13. The Labute approximate surface area is 156 Å². The molecule has 1 fully saturated rings. The molecule has 0 unspecified atom stereocenters. The van der Waals surface area contributed by atoms with Crippen LogP contribution in [0.4, 0.5) is 0 Å². The molecule has 0 aliphatic heterocycles. The Morgan fingerprint density at radius 1 is 1.38 bits per heavy atom. The minimum Gasteiger partial charge on any atom is -0.391 e. The standard InChI is InChI=1S/C19H34N4O3/c1-12(2)23-18(21-16(22-23)11-26-6)13-7-8-15(24)14(9-13)20-17(25)10-19(3,4)5/h12-15,24H,7-11H2,1-6H3,(H,20,25)/t13-,14+,15+/m0/s1. The summed E-state index contributed by atoms with van der Waals surface area (Å²) < 4.78 is 7.11. The van der Waals surface area contributed by atoms with Crippen molar-refractivity contribution in [2.45, 2.75) is 91.0 Å². The fraction of sp³-hybridized carbons (Fsp3) is 0.842. The van der Waals surface area contributed by atoms with Crippen molar-refractivity contribution >= 4 is 5.91 Å². The van der Waals surface area contributed by atoms with Gasteiger partial charge in [0.15, 0.2) is 5.82 Å². The molecule has 0 aromatic carbocycles. The first-order chi connectivity index (χ1) is 12.1. The van der Waals surface area contributed by atoms with Crippen molar-refractivity contribution in [1.82, 2.24) is 20.1 Å². The Morgan fingerprint density at radius 3 is 2.65 bits per heavy atom. The quantitative estimate of drug-likeness (QED) is 0.808. The number of aliphatic hydroxyl groups excluding tert-OH is 1. The number of methoxy groups -OCH3 is 1. The SMILES string of the molecule is COCc1nc([C@H]2CC[C@@H](O)[C@H](NC(=O)CC(C)(C)C)C2)n(C(C)C)n1. The van der Waals surface area contributed by atoms with Crippen LogP contribution in [-0.4, -0.2) is 45.0 Å². The fourth-order valence-electron chi connectivity index (χ4n) is 3.51. The third-order valence-electron chi connectivity index (χ3n) is 4.68. The van der Waals surface area contributed by atoms with Crippen LogP contribution in [-0.2, 0) is 16.1 Å². The molecule has 0 radical (unpaired) electrons. The molecule has 148 valence electrons. The zero-order chi connectivity index (χ0) is 19.5. The van der Waals surface area contributed by atoms with E-state index >= 15 is 0 Å². The number of carbonyl (C=O) groups excluding carboxylic acids is 1. The van der Waals surface area contributed by atoms with Gasteiger partial charge in [0, 0.05) is 25.5 Å². The van der Waals surface area contributed by atoms with Crippen LogP contribution in [0.5, 0.6) is 0 Å². The van der Waals surface area contributed by atoms with E-state index in [0.29, 0.717) is 31.7 Å². The predicted molar refractivity (Wildman–Crippen MR) is 99.7 cm³/mol. The summed E-state index contributed by atoms with van der Waals surface area (Å²) in [6.45, 7) is 10.7. The minimum absolute atomic E-state index is 0.00685. The van der Waals surface area contributed by atoms with Crippen LogP contribution in [0.3, 0.4) is 0 Å². The summed E-state index contributed by atoms with van der Waals surface area (Å²) in [6, 6.07) is -0.0457. The second kappa shape index (κ2) is 8.48. The molecular weight excluding hydrogens is 332 g/mol. The molecular formula is C19H34N4O3. The van der Waals surface area contributed by atoms with E-state index in [9.17, 15) is 9.90 Å². The van der Waals surface area contributed by atoms with Gasteiger partial charge in [-0.2, -0.15) is 5.10 Å². The number of aliphatic hydroxyl groups is 1. The maximum atomic E-state index is 12.3. The first-order valence-corrected chi connectivity index (χ1v) is 9.52. The van der Waals surface area contributed by atoms with E-state index in [0.717, 1.165) is 12.2 Å². The summed E-state index contributed by atoms with van der Waals surface area (Å²) in [6.07, 6.45) is 2.10. The molecule has 1 aliphatic rings. The Hall–Kier alpha value is -1.47. The highest BCUT2D eigenvalue weighted by atomic mass is 16.5. The number of nitrogens with one attached hydrogen (secondary N) is 1. The highest BCUT2D eigenvalue weighted by Crippen LogP contribution is 2.33. The van der Waals surface area contributed by atoms with Crippen molar-refractivity contribution in [1.29, 1.82) is 0 Å². The van der Waals surface area contributed by atoms with Gasteiger partial charge in [-0.3, -0.25) is 4.79 Å². The summed E-state index contributed by atoms with van der Waals surface area (Å²) in [5, 5.41) is 18.0. The molecule has 7 nitrogen and oxygen atoms in total. The highest BCUT2D eigenvalue weighted by Gasteiger charge is 2.34. The van der Waals surface area contributed by atoms with Crippen molar-refractivity contribution in [3.05, 3.63) is 11.6 Å². The lowest BCUT2D eigenvalue weighted by Crippen LogP contribution is -2.47. The van der Waals surface area contributed by atoms with Gasteiger partial charge in [0.1, 0.15) is 12.4 Å². The largest absolute Gasteiger partial charge is 0.391 e.